The van der Waals surface area contributed by atoms with Gasteiger partial charge in [-0.3, -0.25) is 14.5 Å². The highest BCUT2D eigenvalue weighted by molar-refractivity contribution is 6.09. The van der Waals surface area contributed by atoms with E-state index in [1.165, 1.54) is 24.3 Å². The van der Waals surface area contributed by atoms with Crippen LogP contribution in [0, 0.1) is 11.2 Å². The maximum atomic E-state index is 13.2. The highest BCUT2D eigenvalue weighted by Crippen LogP contribution is 2.29. The number of nitrogens with one attached hydrogen (secondary N) is 3. The summed E-state index contributed by atoms with van der Waals surface area (Å²) in [6.45, 7) is 5.66. The van der Waals surface area contributed by atoms with Crippen LogP contribution in [-0.4, -0.2) is 48.9 Å². The molecule has 4 amide bonds. The van der Waals surface area contributed by atoms with Crippen molar-refractivity contribution in [2.45, 2.75) is 32.2 Å². The third-order valence-corrected chi connectivity index (χ3v) is 5.52. The second kappa shape index (κ2) is 8.45. The summed E-state index contributed by atoms with van der Waals surface area (Å²) in [5.74, 6) is -1.33. The zero-order valence-electron chi connectivity index (χ0n) is 16.0. The molecule has 1 aromatic carbocycles. The van der Waals surface area contributed by atoms with Gasteiger partial charge in [-0.2, -0.15) is 0 Å². The average molecular weight is 413 g/mol. The fraction of sp³-hybridized carbons (Fsp3) is 0.526. The number of hydrogen-bond acceptors (Lipinski definition) is 4. The van der Waals surface area contributed by atoms with Gasteiger partial charge in [0.2, 0.25) is 5.91 Å². The number of nitrogens with zero attached hydrogens (tertiary/aromatic N) is 1. The van der Waals surface area contributed by atoms with E-state index in [4.69, 9.17) is 0 Å². The molecule has 0 radical (unpaired) electrons. The number of urea groups is 1. The van der Waals surface area contributed by atoms with Crippen molar-refractivity contribution < 1.29 is 18.8 Å². The summed E-state index contributed by atoms with van der Waals surface area (Å²) in [4.78, 5) is 38.3. The molecule has 28 heavy (non-hydrogen) atoms. The largest absolute Gasteiger partial charge is 0.354 e. The molecule has 2 aliphatic rings. The summed E-state index contributed by atoms with van der Waals surface area (Å²) in [6.07, 6.45) is 1.91. The van der Waals surface area contributed by atoms with Gasteiger partial charge in [0.1, 0.15) is 17.9 Å². The lowest BCUT2D eigenvalue weighted by Gasteiger charge is -2.34. The minimum Gasteiger partial charge on any atom is -0.354 e. The van der Waals surface area contributed by atoms with Crippen LogP contribution < -0.4 is 16.0 Å². The third-order valence-electron chi connectivity index (χ3n) is 5.52. The number of hydrogen-bond donors (Lipinski definition) is 3. The molecule has 0 aromatic heterocycles. The zero-order valence-corrected chi connectivity index (χ0v) is 16.8. The number of rotatable bonds is 5. The predicted molar refractivity (Wildman–Crippen MR) is 104 cm³/mol. The SMILES string of the molecule is CC1(CNC(=O)CN2C(=O)NC(C)(c3ccc(F)cc3)C2=O)CCNCC1.Cl. The minimum absolute atomic E-state index is 0. The Morgan fingerprint density at radius 2 is 1.79 bits per heavy atom. The predicted octanol–water partition coefficient (Wildman–Crippen LogP) is 1.52. The molecule has 0 aliphatic carbocycles. The molecule has 9 heteroatoms. The van der Waals surface area contributed by atoms with E-state index in [9.17, 15) is 18.8 Å². The summed E-state index contributed by atoms with van der Waals surface area (Å²) in [5.41, 5.74) is -0.834. The van der Waals surface area contributed by atoms with Crippen molar-refractivity contribution in [3.63, 3.8) is 0 Å². The topological polar surface area (TPSA) is 90.5 Å². The lowest BCUT2D eigenvalue weighted by Crippen LogP contribution is -2.47. The van der Waals surface area contributed by atoms with Crippen LogP contribution in [0.25, 0.3) is 0 Å². The maximum absolute atomic E-state index is 13.2. The van der Waals surface area contributed by atoms with Gasteiger partial charge >= 0.3 is 6.03 Å². The molecular formula is C19H26ClFN4O3. The van der Waals surface area contributed by atoms with E-state index in [0.29, 0.717) is 12.1 Å². The van der Waals surface area contributed by atoms with Crippen molar-refractivity contribution in [3.05, 3.63) is 35.6 Å². The van der Waals surface area contributed by atoms with E-state index >= 15 is 0 Å². The summed E-state index contributed by atoms with van der Waals surface area (Å²) in [5, 5.41) is 8.74. The van der Waals surface area contributed by atoms with Crippen molar-refractivity contribution in [1.29, 1.82) is 0 Å². The molecule has 154 valence electrons. The normalized spacial score (nSPS) is 23.8. The Morgan fingerprint density at radius 1 is 1.18 bits per heavy atom. The maximum Gasteiger partial charge on any atom is 0.325 e. The Kier molecular flexibility index (Phi) is 6.67. The number of amides is 4. The number of carbonyl (C=O) groups is 3. The summed E-state index contributed by atoms with van der Waals surface area (Å²) < 4.78 is 13.2. The number of benzene rings is 1. The second-order valence-corrected chi connectivity index (χ2v) is 7.79. The van der Waals surface area contributed by atoms with Crippen LogP contribution in [0.2, 0.25) is 0 Å². The van der Waals surface area contributed by atoms with Gasteiger partial charge in [-0.15, -0.1) is 12.4 Å². The molecule has 7 nitrogen and oxygen atoms in total. The summed E-state index contributed by atoms with van der Waals surface area (Å²) in [7, 11) is 0. The van der Waals surface area contributed by atoms with Gasteiger partial charge < -0.3 is 16.0 Å². The van der Waals surface area contributed by atoms with Gasteiger partial charge in [0.05, 0.1) is 0 Å². The molecule has 2 fully saturated rings. The van der Waals surface area contributed by atoms with Crippen LogP contribution in [0.3, 0.4) is 0 Å². The molecule has 0 bridgehead atoms. The Balaban J connectivity index is 0.00000280. The van der Waals surface area contributed by atoms with Gasteiger partial charge in [-0.25, -0.2) is 9.18 Å². The Morgan fingerprint density at radius 3 is 2.39 bits per heavy atom. The number of carbonyl (C=O) groups excluding carboxylic acids is 3. The molecule has 3 rings (SSSR count). The third kappa shape index (κ3) is 4.44. The second-order valence-electron chi connectivity index (χ2n) is 7.79. The summed E-state index contributed by atoms with van der Waals surface area (Å²) in [6, 6.07) is 4.74. The van der Waals surface area contributed by atoms with Crippen LogP contribution in [0.4, 0.5) is 9.18 Å². The smallest absolute Gasteiger partial charge is 0.325 e. The fourth-order valence-corrected chi connectivity index (χ4v) is 3.54. The molecule has 1 aromatic rings. The van der Waals surface area contributed by atoms with Gasteiger partial charge in [0.25, 0.3) is 5.91 Å². The van der Waals surface area contributed by atoms with E-state index < -0.39 is 23.3 Å². The molecule has 3 N–H and O–H groups in total. The van der Waals surface area contributed by atoms with E-state index in [1.54, 1.807) is 6.92 Å². The van der Waals surface area contributed by atoms with Crippen molar-refractivity contribution in [2.24, 2.45) is 5.41 Å². The van der Waals surface area contributed by atoms with Crippen LogP contribution in [0.1, 0.15) is 32.3 Å². The molecule has 2 heterocycles. The van der Waals surface area contributed by atoms with Crippen molar-refractivity contribution in [2.75, 3.05) is 26.2 Å². The van der Waals surface area contributed by atoms with Gasteiger partial charge in [0.15, 0.2) is 0 Å². The first-order valence-electron chi connectivity index (χ1n) is 9.11. The van der Waals surface area contributed by atoms with Gasteiger partial charge in [-0.1, -0.05) is 19.1 Å². The minimum atomic E-state index is -1.31. The number of piperidine rings is 1. The molecular weight excluding hydrogens is 387 g/mol. The van der Waals surface area contributed by atoms with Crippen molar-refractivity contribution >= 4 is 30.3 Å². The lowest BCUT2D eigenvalue weighted by atomic mass is 9.81. The van der Waals surface area contributed by atoms with E-state index in [-0.39, 0.29) is 30.3 Å². The molecule has 2 aliphatic heterocycles. The Hall–Kier alpha value is -2.19. The van der Waals surface area contributed by atoms with Crippen LogP contribution in [0.15, 0.2) is 24.3 Å². The first-order valence-corrected chi connectivity index (χ1v) is 9.11. The monoisotopic (exact) mass is 412 g/mol. The van der Waals surface area contributed by atoms with Gasteiger partial charge in [0, 0.05) is 6.54 Å². The average Bonchev–Trinajstić information content (AvgIpc) is 2.85. The summed E-state index contributed by atoms with van der Waals surface area (Å²) >= 11 is 0. The Bertz CT molecular complexity index is 752. The Labute approximate surface area is 169 Å². The van der Waals surface area contributed by atoms with Crippen LogP contribution >= 0.6 is 12.4 Å². The first kappa shape index (κ1) is 22.1. The van der Waals surface area contributed by atoms with Crippen molar-refractivity contribution in [3.8, 4) is 0 Å². The fourth-order valence-electron chi connectivity index (χ4n) is 3.54. The lowest BCUT2D eigenvalue weighted by molar-refractivity contribution is -0.135. The highest BCUT2D eigenvalue weighted by Gasteiger charge is 2.49. The quantitative estimate of drug-likeness (QED) is 0.639. The van der Waals surface area contributed by atoms with E-state index in [0.717, 1.165) is 30.8 Å². The standard InChI is InChI=1S/C19H25FN4O3.ClH/c1-18(7-9-21-10-8-18)12-22-15(25)11-24-16(26)19(2,23-17(24)27)13-3-5-14(20)6-4-13;/h3-6,21H,7-12H2,1-2H3,(H,22,25)(H,23,27);1H. The number of halogens is 2. The first-order chi connectivity index (χ1) is 12.7. The van der Waals surface area contributed by atoms with Crippen LogP contribution in [-0.2, 0) is 15.1 Å². The molecule has 1 atom stereocenters. The molecule has 2 saturated heterocycles. The van der Waals surface area contributed by atoms with Crippen LogP contribution in [0.5, 0.6) is 0 Å². The molecule has 0 spiro atoms. The molecule has 0 saturated carbocycles. The number of imide groups is 1. The molecule has 1 unspecified atom stereocenters. The van der Waals surface area contributed by atoms with Crippen molar-refractivity contribution in [1.82, 2.24) is 20.9 Å². The zero-order chi connectivity index (χ0) is 19.7. The van der Waals surface area contributed by atoms with E-state index in [1.807, 2.05) is 0 Å². The highest BCUT2D eigenvalue weighted by atomic mass is 35.5. The van der Waals surface area contributed by atoms with E-state index in [2.05, 4.69) is 22.9 Å². The van der Waals surface area contributed by atoms with Gasteiger partial charge in [-0.05, 0) is 56.0 Å².